The Morgan fingerprint density at radius 2 is 0.710 bits per heavy atom. The van der Waals surface area contributed by atoms with Gasteiger partial charge in [0.15, 0.2) is 0 Å². The summed E-state index contributed by atoms with van der Waals surface area (Å²) in [5.41, 5.74) is 29.4. The number of hydrogen-bond acceptors (Lipinski definition) is 19. The quantitative estimate of drug-likeness (QED) is 0.00973. The van der Waals surface area contributed by atoms with Crippen molar-refractivity contribution in [2.75, 3.05) is 184 Å². The summed E-state index contributed by atoms with van der Waals surface area (Å²) >= 11 is 5.47. The number of carbonyl (C=O) groups is 1. The third-order valence-electron chi connectivity index (χ3n) is 25.2. The number of benzene rings is 7. The topological polar surface area (TPSA) is 229 Å². The number of hydrogen-bond donors (Lipinski definition) is 1. The smallest absolute Gasteiger partial charge is 0.469 e. The second-order valence-electron chi connectivity index (χ2n) is 33.9. The number of nitrogens with two attached hydrogens (primary N) is 1. The minimum absolute atomic E-state index is 0. The van der Waals surface area contributed by atoms with Gasteiger partial charge in [-0.15, -0.1) is 45.3 Å². The predicted molar refractivity (Wildman–Crippen MR) is 499 cm³/mol. The van der Waals surface area contributed by atoms with E-state index in [1.165, 1.54) is 116 Å². The third kappa shape index (κ3) is 27.2. The molecule has 4 aliphatic carbocycles. The SMILES string of the molecule is COC(=O)[C@@H]1CC1CN1CCN(c2csc3cc(C(F)(F)F)ccc23)CC1.CS(=O)(=O)OC[C@@H]1CC1CN1CCN(c2csc3cc(C(F)(F)F)ccc23)CC1.NC[C@@H]1CC1CN1CCN(c2csc3cc(C(F)(F)F)ccc23)CC1.[N-]=[N+]=NC[C@@H]1CC1CN1CCN(c2csc3cc(C(F)(F)F)ccc23)CC1.[N-]=[N+]=[N-].[Na+].c1ccc(P(c2ccccc2)c2ccccc2)cc1. The Labute approximate surface area is 792 Å². The number of anilines is 4. The van der Waals surface area contributed by atoms with Crippen molar-refractivity contribution >= 4 is 148 Å². The maximum atomic E-state index is 12.9. The summed E-state index contributed by atoms with van der Waals surface area (Å²) in [7, 11) is -2.39. The molecule has 7 aromatic carbocycles. The molecule has 0 radical (unpaired) electrons. The van der Waals surface area contributed by atoms with Gasteiger partial charge in [-0.05, 0) is 152 Å². The number of alkyl halides is 12. The monoisotopic (exact) mass is 1940 g/mol. The Morgan fingerprint density at radius 3 is 0.985 bits per heavy atom. The van der Waals surface area contributed by atoms with E-state index in [0.29, 0.717) is 60.9 Å². The first-order chi connectivity index (χ1) is 62.2. The van der Waals surface area contributed by atoms with Crippen molar-refractivity contribution in [1.29, 1.82) is 0 Å². The van der Waals surface area contributed by atoms with Gasteiger partial charge in [0, 0.05) is 204 Å². The van der Waals surface area contributed by atoms with Crippen LogP contribution in [0.4, 0.5) is 75.4 Å². The number of carbonyl (C=O) groups excluding carboxylic acids is 1. The van der Waals surface area contributed by atoms with Crippen LogP contribution in [0.1, 0.15) is 47.9 Å². The van der Waals surface area contributed by atoms with Crippen LogP contribution in [-0.4, -0.2) is 198 Å². The number of piperazine rings is 4. The molecule has 4 saturated heterocycles. The van der Waals surface area contributed by atoms with Crippen LogP contribution >= 0.6 is 53.3 Å². The van der Waals surface area contributed by atoms with E-state index in [2.05, 4.69) is 140 Å². The van der Waals surface area contributed by atoms with Crippen molar-refractivity contribution < 1.29 is 104 Å². The zero-order valence-electron chi connectivity index (χ0n) is 72.5. The van der Waals surface area contributed by atoms with Gasteiger partial charge in [-0.25, -0.2) is 0 Å². The van der Waals surface area contributed by atoms with Gasteiger partial charge in [-0.1, -0.05) is 120 Å². The fourth-order valence-electron chi connectivity index (χ4n) is 17.5. The number of ether oxygens (including phenoxy) is 1. The first-order valence-electron chi connectivity index (χ1n) is 43.0. The Morgan fingerprint density at radius 1 is 0.427 bits per heavy atom. The number of rotatable bonds is 22. The third-order valence-corrected chi connectivity index (χ3v) is 31.9. The van der Waals surface area contributed by atoms with Crippen LogP contribution in [0.3, 0.4) is 0 Å². The molecule has 0 bridgehead atoms. The molecule has 11 aromatic rings. The second kappa shape index (κ2) is 44.6. The van der Waals surface area contributed by atoms with E-state index in [9.17, 15) is 65.9 Å². The van der Waals surface area contributed by atoms with Crippen LogP contribution in [0.5, 0.6) is 0 Å². The zero-order valence-corrected chi connectivity index (χ0v) is 79.5. The maximum absolute atomic E-state index is 12.9. The molecule has 4 saturated carbocycles. The molecule has 4 unspecified atom stereocenters. The molecule has 2 N–H and O–H groups in total. The fraction of sp³-hybridized carbons (Fsp3) is 0.446. The van der Waals surface area contributed by atoms with Crippen LogP contribution in [-0.2, 0) is 48.5 Å². The summed E-state index contributed by atoms with van der Waals surface area (Å²) in [5.74, 6) is 3.76. The summed E-state index contributed by atoms with van der Waals surface area (Å²) in [5, 5.41) is 19.3. The molecule has 0 spiro atoms. The average molecular weight is 1940 g/mol. The van der Waals surface area contributed by atoms with Crippen LogP contribution in [0.15, 0.2) is 190 Å². The van der Waals surface area contributed by atoms with E-state index in [4.69, 9.17) is 31.2 Å². The van der Waals surface area contributed by atoms with Crippen molar-refractivity contribution in [1.82, 2.24) is 19.6 Å². The van der Waals surface area contributed by atoms with Crippen molar-refractivity contribution in [3.8, 4) is 0 Å². The molecule has 8 aliphatic rings. The molecule has 0 amide bonds. The fourth-order valence-corrected chi connectivity index (χ4v) is 24.3. The van der Waals surface area contributed by atoms with Crippen LogP contribution in [0.2, 0.25) is 0 Å². The molecule has 39 heteroatoms. The van der Waals surface area contributed by atoms with Gasteiger partial charge in [0.2, 0.25) is 0 Å². The van der Waals surface area contributed by atoms with Gasteiger partial charge < -0.3 is 41.1 Å². The van der Waals surface area contributed by atoms with Crippen LogP contribution < -0.4 is 70.8 Å². The molecule has 8 atom stereocenters. The van der Waals surface area contributed by atoms with Gasteiger partial charge in [-0.3, -0.25) is 33.5 Å². The van der Waals surface area contributed by atoms with E-state index in [1.807, 2.05) is 21.5 Å². The molecule has 131 heavy (non-hydrogen) atoms. The second-order valence-corrected chi connectivity index (χ2v) is 41.4. The van der Waals surface area contributed by atoms with E-state index in [1.54, 1.807) is 24.3 Å². The Hall–Kier alpha value is -8.03. The molecule has 4 aliphatic heterocycles. The number of halogens is 12. The van der Waals surface area contributed by atoms with Crippen LogP contribution in [0.25, 0.3) is 66.8 Å². The number of nitrogens with zero attached hydrogens (tertiary/aromatic N) is 14. The van der Waals surface area contributed by atoms with E-state index in [0.717, 1.165) is 225 Å². The molecule has 8 heterocycles. The first-order valence-corrected chi connectivity index (χ1v) is 49.7. The van der Waals surface area contributed by atoms with E-state index >= 15 is 0 Å². The Balaban J connectivity index is 0.000000139. The average Bonchev–Trinajstić information content (AvgIpc) is 1.64. The number of esters is 1. The molecular formula is C92H101F12N15NaO5PS5. The van der Waals surface area contributed by atoms with Gasteiger partial charge in [0.1, 0.15) is 0 Å². The maximum Gasteiger partial charge on any atom is 1.00 e. The number of thiophene rings is 4. The standard InChI is InChI=1S/C19H23F3N2O3S2.C19H21F3N2O2S.C18H20F3N5S.C18H22F3N3S.C18H15P.N3.Na/c1-29(25,26)27-11-14-8-13(14)10-23-4-6-24(7-5-23)17-12-28-18-9-15(19(20,21)22)2-3-16(17)18;1-26-18(25)15-8-12(15)10-23-4-6-24(7-5-23)16-11-27-17-9-13(19(20,21)22)2-3-14(16)17;19-18(20,21)14-1-2-15-16(11-27-17(15)8-14)26-5-3-25(4-6-26)10-13-7-12(13)9-23-24-22;19-18(20,21)14-1-2-15-16(11-25-17(15)8-14)24-5-3-23(4-6-24)10-13-7-12(13)9-22;1-4-10-16(11-5-1)19(17-12-6-2-7-13-17)18-14-8-3-9-15-18;1-3-2;/h2-3,9,12-14H,4-8,10-11H2,1H3;2-3,9,11-12,15H,4-8,10H2,1H3;1-2,8,11-13H,3-7,9-10H2;1-2,8,11-13H,3-7,9-10,22H2;1-15H;;/q;;;;;-1;+1/t13?,14-;12?,15-;2*12-,13?;;;/m0100.../s1. The Bertz CT molecular complexity index is 5710. The van der Waals surface area contributed by atoms with Crippen LogP contribution in [0, 0.1) is 47.3 Å². The summed E-state index contributed by atoms with van der Waals surface area (Å²) in [4.78, 5) is 34.6. The van der Waals surface area contributed by atoms with Gasteiger partial charge in [0.25, 0.3) is 10.1 Å². The van der Waals surface area contributed by atoms with Crippen molar-refractivity contribution in [3.63, 3.8) is 0 Å². The van der Waals surface area contributed by atoms with E-state index < -0.39 is 65.0 Å². The van der Waals surface area contributed by atoms with E-state index in [-0.39, 0.29) is 48.1 Å². The Kier molecular flexibility index (Phi) is 34.2. The molecule has 19 rings (SSSR count). The summed E-state index contributed by atoms with van der Waals surface area (Å²) < 4.78 is 189. The number of azide groups is 1. The molecular weight excluding hydrogens is 1840 g/mol. The van der Waals surface area contributed by atoms with Crippen molar-refractivity contribution in [2.24, 2.45) is 58.2 Å². The normalized spacial score (nSPS) is 21.3. The van der Waals surface area contributed by atoms with Crippen molar-refractivity contribution in [2.45, 2.75) is 50.4 Å². The molecule has 20 nitrogen and oxygen atoms in total. The molecule has 4 aromatic heterocycles. The molecule has 694 valence electrons. The van der Waals surface area contributed by atoms with Gasteiger partial charge in [0.05, 0.1) is 70.9 Å². The van der Waals surface area contributed by atoms with Gasteiger partial charge >= 0.3 is 60.2 Å². The largest absolute Gasteiger partial charge is 1.00 e. The summed E-state index contributed by atoms with van der Waals surface area (Å²) in [6, 6.07) is 48.4. The number of fused-ring (bicyclic) bond motifs is 4. The minimum atomic E-state index is -4.32. The molecule has 8 fully saturated rings. The zero-order chi connectivity index (χ0) is 92.2. The summed E-state index contributed by atoms with van der Waals surface area (Å²) in [6.07, 6.45) is -11.9. The predicted octanol–water partition coefficient (Wildman–Crippen LogP) is 17.4. The number of methoxy groups -OCH3 is 1. The van der Waals surface area contributed by atoms with Gasteiger partial charge in [-0.2, -0.15) is 61.1 Å². The van der Waals surface area contributed by atoms with Crippen molar-refractivity contribution in [3.05, 3.63) is 234 Å². The summed E-state index contributed by atoms with van der Waals surface area (Å²) in [6.45, 7) is 20.1. The minimum Gasteiger partial charge on any atom is -0.469 e. The first kappa shape index (κ1) is 100.